The first kappa shape index (κ1) is 13.2. The number of hydrogen-bond donors (Lipinski definition) is 0. The zero-order chi connectivity index (χ0) is 13.8. The molecule has 0 aliphatic rings. The third-order valence-electron chi connectivity index (χ3n) is 2.66. The van der Waals surface area contributed by atoms with Crippen molar-refractivity contribution in [2.45, 2.75) is 0 Å². The van der Waals surface area contributed by atoms with E-state index in [1.807, 2.05) is 6.07 Å². The molecule has 0 N–H and O–H groups in total. The zero-order valence-corrected chi connectivity index (χ0v) is 11.8. The number of benzene rings is 1. The number of nitrogens with zero attached hydrogens (tertiary/aromatic N) is 3. The highest BCUT2D eigenvalue weighted by Crippen LogP contribution is 2.17. The van der Waals surface area contributed by atoms with Crippen molar-refractivity contribution in [3.8, 4) is 6.07 Å². The molecule has 0 saturated carbocycles. The fraction of sp³-hybridized carbons (Fsp3) is 0.0714. The molecule has 0 bridgehead atoms. The Hall–Kier alpha value is -2.19. The highest BCUT2D eigenvalue weighted by atomic mass is 79.9. The van der Waals surface area contributed by atoms with Crippen LogP contribution in [-0.4, -0.2) is 17.9 Å². The normalized spacial score (nSPS) is 9.74. The van der Waals surface area contributed by atoms with Gasteiger partial charge in [-0.15, -0.1) is 0 Å². The summed E-state index contributed by atoms with van der Waals surface area (Å²) in [6.07, 6.45) is 1.57. The first-order valence-corrected chi connectivity index (χ1v) is 6.31. The van der Waals surface area contributed by atoms with Crippen LogP contribution in [0.5, 0.6) is 0 Å². The van der Waals surface area contributed by atoms with Gasteiger partial charge in [-0.1, -0.05) is 0 Å². The summed E-state index contributed by atoms with van der Waals surface area (Å²) in [5, 5.41) is 8.74. The predicted molar refractivity (Wildman–Crippen MR) is 75.8 cm³/mol. The van der Waals surface area contributed by atoms with Crippen LogP contribution in [0.3, 0.4) is 0 Å². The van der Waals surface area contributed by atoms with Crippen molar-refractivity contribution < 1.29 is 4.79 Å². The van der Waals surface area contributed by atoms with Crippen molar-refractivity contribution in [2.24, 2.45) is 0 Å². The fourth-order valence-electron chi connectivity index (χ4n) is 1.61. The minimum Gasteiger partial charge on any atom is -0.311 e. The van der Waals surface area contributed by atoms with Gasteiger partial charge in [0.05, 0.1) is 11.6 Å². The molecule has 0 spiro atoms. The molecule has 4 nitrogen and oxygen atoms in total. The number of anilines is 1. The van der Waals surface area contributed by atoms with Gasteiger partial charge in [0.2, 0.25) is 0 Å². The third-order valence-corrected chi connectivity index (χ3v) is 3.10. The van der Waals surface area contributed by atoms with Gasteiger partial charge < -0.3 is 4.90 Å². The lowest BCUT2D eigenvalue weighted by molar-refractivity contribution is 0.0993. The number of pyridine rings is 1. The van der Waals surface area contributed by atoms with Gasteiger partial charge in [0.1, 0.15) is 4.60 Å². The monoisotopic (exact) mass is 315 g/mol. The maximum absolute atomic E-state index is 12.3. The van der Waals surface area contributed by atoms with Gasteiger partial charge in [-0.05, 0) is 52.3 Å². The highest BCUT2D eigenvalue weighted by molar-refractivity contribution is 9.10. The Kier molecular flexibility index (Phi) is 3.93. The number of hydrogen-bond acceptors (Lipinski definition) is 3. The molecule has 94 valence electrons. The maximum Gasteiger partial charge on any atom is 0.258 e. The fourth-order valence-corrected chi connectivity index (χ4v) is 1.97. The predicted octanol–water partition coefficient (Wildman–Crippen LogP) is 2.99. The highest BCUT2D eigenvalue weighted by Gasteiger charge is 2.13. The van der Waals surface area contributed by atoms with Crippen LogP contribution < -0.4 is 4.90 Å². The van der Waals surface area contributed by atoms with Crippen molar-refractivity contribution >= 4 is 27.5 Å². The minimum atomic E-state index is -0.132. The average molecular weight is 316 g/mol. The van der Waals surface area contributed by atoms with E-state index in [0.29, 0.717) is 15.7 Å². The number of carbonyl (C=O) groups excluding carboxylic acids is 1. The molecule has 0 atom stereocenters. The summed E-state index contributed by atoms with van der Waals surface area (Å²) in [5.74, 6) is -0.132. The van der Waals surface area contributed by atoms with E-state index in [9.17, 15) is 4.79 Å². The van der Waals surface area contributed by atoms with Gasteiger partial charge in [-0.25, -0.2) is 4.98 Å². The van der Waals surface area contributed by atoms with E-state index in [1.165, 1.54) is 4.90 Å². The molecule has 0 saturated heterocycles. The second-order valence-corrected chi connectivity index (χ2v) is 4.70. The first-order chi connectivity index (χ1) is 9.11. The third kappa shape index (κ3) is 2.98. The van der Waals surface area contributed by atoms with Gasteiger partial charge in [-0.2, -0.15) is 5.26 Å². The van der Waals surface area contributed by atoms with Gasteiger partial charge in [0, 0.05) is 24.5 Å². The zero-order valence-electron chi connectivity index (χ0n) is 10.2. The molecular formula is C14H10BrN3O. The number of rotatable bonds is 2. The molecule has 2 aromatic rings. The molecule has 2 rings (SSSR count). The summed E-state index contributed by atoms with van der Waals surface area (Å²) < 4.78 is 0.617. The van der Waals surface area contributed by atoms with E-state index >= 15 is 0 Å². The lowest BCUT2D eigenvalue weighted by Crippen LogP contribution is -2.26. The van der Waals surface area contributed by atoms with Crippen LogP contribution in [0.1, 0.15) is 15.9 Å². The molecule has 1 amide bonds. The van der Waals surface area contributed by atoms with Crippen LogP contribution in [0, 0.1) is 11.3 Å². The summed E-state index contributed by atoms with van der Waals surface area (Å²) in [6, 6.07) is 12.2. The molecule has 1 aromatic carbocycles. The second kappa shape index (κ2) is 5.63. The number of nitriles is 1. The van der Waals surface area contributed by atoms with Crippen LogP contribution in [0.15, 0.2) is 47.2 Å². The Morgan fingerprint density at radius 3 is 2.58 bits per heavy atom. The summed E-state index contributed by atoms with van der Waals surface area (Å²) >= 11 is 3.24. The van der Waals surface area contributed by atoms with Crippen molar-refractivity contribution in [3.63, 3.8) is 0 Å². The summed E-state index contributed by atoms with van der Waals surface area (Å²) in [7, 11) is 1.69. The molecule has 1 aromatic heterocycles. The Labute approximate surface area is 119 Å². The average Bonchev–Trinajstić information content (AvgIpc) is 2.46. The van der Waals surface area contributed by atoms with Gasteiger partial charge in [-0.3, -0.25) is 4.79 Å². The summed E-state index contributed by atoms with van der Waals surface area (Å²) in [5.41, 5.74) is 1.85. The summed E-state index contributed by atoms with van der Waals surface area (Å²) in [6.45, 7) is 0. The van der Waals surface area contributed by atoms with Crippen LogP contribution in [0.2, 0.25) is 0 Å². The quantitative estimate of drug-likeness (QED) is 0.800. The van der Waals surface area contributed by atoms with E-state index in [1.54, 1.807) is 49.6 Å². The summed E-state index contributed by atoms with van der Waals surface area (Å²) in [4.78, 5) is 17.8. The second-order valence-electron chi connectivity index (χ2n) is 3.89. The maximum atomic E-state index is 12.3. The Morgan fingerprint density at radius 2 is 2.00 bits per heavy atom. The lowest BCUT2D eigenvalue weighted by atomic mass is 10.2. The Morgan fingerprint density at radius 1 is 1.32 bits per heavy atom. The molecule has 0 unspecified atom stereocenters. The Bertz CT molecular complexity index is 646. The Balaban J connectivity index is 2.26. The topological polar surface area (TPSA) is 57.0 Å². The molecule has 0 radical (unpaired) electrons. The molecule has 19 heavy (non-hydrogen) atoms. The SMILES string of the molecule is CN(C(=O)c1ccnc(Br)c1)c1ccc(C#N)cc1. The minimum absolute atomic E-state index is 0.132. The number of halogens is 1. The molecule has 1 heterocycles. The number of amides is 1. The van der Waals surface area contributed by atoms with Gasteiger partial charge in [0.25, 0.3) is 5.91 Å². The van der Waals surface area contributed by atoms with Gasteiger partial charge >= 0.3 is 0 Å². The number of aromatic nitrogens is 1. The van der Waals surface area contributed by atoms with Gasteiger partial charge in [0.15, 0.2) is 0 Å². The number of carbonyl (C=O) groups is 1. The van der Waals surface area contributed by atoms with E-state index < -0.39 is 0 Å². The van der Waals surface area contributed by atoms with Crippen LogP contribution in [-0.2, 0) is 0 Å². The van der Waals surface area contributed by atoms with Crippen molar-refractivity contribution in [3.05, 3.63) is 58.3 Å². The van der Waals surface area contributed by atoms with Crippen molar-refractivity contribution in [1.29, 1.82) is 5.26 Å². The van der Waals surface area contributed by atoms with E-state index in [-0.39, 0.29) is 5.91 Å². The van der Waals surface area contributed by atoms with Crippen molar-refractivity contribution in [1.82, 2.24) is 4.98 Å². The van der Waals surface area contributed by atoms with E-state index in [2.05, 4.69) is 20.9 Å². The van der Waals surface area contributed by atoms with Crippen molar-refractivity contribution in [2.75, 3.05) is 11.9 Å². The first-order valence-electron chi connectivity index (χ1n) is 5.51. The van der Waals surface area contributed by atoms with E-state index in [4.69, 9.17) is 5.26 Å². The molecule has 0 aliphatic carbocycles. The lowest BCUT2D eigenvalue weighted by Gasteiger charge is -2.17. The molecular weight excluding hydrogens is 306 g/mol. The molecule has 0 aliphatic heterocycles. The standard InChI is InChI=1S/C14H10BrN3O/c1-18(12-4-2-10(9-16)3-5-12)14(19)11-6-7-17-13(15)8-11/h2-8H,1H3. The molecule has 5 heteroatoms. The molecule has 0 fully saturated rings. The van der Waals surface area contributed by atoms with Crippen LogP contribution >= 0.6 is 15.9 Å². The largest absolute Gasteiger partial charge is 0.311 e. The van der Waals surface area contributed by atoms with Crippen LogP contribution in [0.25, 0.3) is 0 Å². The smallest absolute Gasteiger partial charge is 0.258 e. The van der Waals surface area contributed by atoms with E-state index in [0.717, 1.165) is 5.69 Å². The van der Waals surface area contributed by atoms with Crippen LogP contribution in [0.4, 0.5) is 5.69 Å².